The molecule has 0 unspecified atom stereocenters. The lowest BCUT2D eigenvalue weighted by atomic mass is 10.3. The van der Waals surface area contributed by atoms with Crippen LogP contribution in [0.15, 0.2) is 34.1 Å². The molecule has 0 aliphatic carbocycles. The number of hydrogen-bond donors (Lipinski definition) is 1. The van der Waals surface area contributed by atoms with Crippen LogP contribution in [0.3, 0.4) is 0 Å². The topological polar surface area (TPSA) is 97.1 Å². The maximum absolute atomic E-state index is 12.1. The van der Waals surface area contributed by atoms with Gasteiger partial charge in [0.15, 0.2) is 5.56 Å². The van der Waals surface area contributed by atoms with Crippen LogP contribution in [0, 0.1) is 18.3 Å². The Hall–Kier alpha value is -3.34. The van der Waals surface area contributed by atoms with E-state index in [1.165, 1.54) is 18.7 Å². The van der Waals surface area contributed by atoms with Gasteiger partial charge in [0.05, 0.1) is 12.2 Å². The van der Waals surface area contributed by atoms with Crippen LogP contribution in [0.4, 0.5) is 5.82 Å². The molecular formula is C16H16N6O2. The molecule has 8 nitrogen and oxygen atoms in total. The van der Waals surface area contributed by atoms with Gasteiger partial charge in [-0.3, -0.25) is 13.9 Å². The molecule has 3 rings (SSSR count). The molecule has 0 aromatic carbocycles. The van der Waals surface area contributed by atoms with Crippen molar-refractivity contribution in [3.63, 3.8) is 0 Å². The van der Waals surface area contributed by atoms with Gasteiger partial charge in [-0.05, 0) is 18.6 Å². The number of nitrogens with zero attached hydrogens (tertiary/aromatic N) is 5. The lowest BCUT2D eigenvalue weighted by Gasteiger charge is -2.12. The highest BCUT2D eigenvalue weighted by Gasteiger charge is 2.15. The van der Waals surface area contributed by atoms with Crippen molar-refractivity contribution < 1.29 is 0 Å². The largest absolute Gasteiger partial charge is 0.364 e. The highest BCUT2D eigenvalue weighted by Crippen LogP contribution is 2.12. The molecule has 0 amide bonds. The second-order valence-corrected chi connectivity index (χ2v) is 5.55. The Kier molecular flexibility index (Phi) is 3.69. The molecule has 0 atom stereocenters. The zero-order valence-corrected chi connectivity index (χ0v) is 13.6. The number of aryl methyl sites for hydroxylation is 1. The zero-order chi connectivity index (χ0) is 17.4. The molecule has 0 fully saturated rings. The number of imidazole rings is 1. The number of fused-ring (bicyclic) bond motifs is 1. The lowest BCUT2D eigenvalue weighted by molar-refractivity contribution is 0.685. The van der Waals surface area contributed by atoms with Crippen LogP contribution < -0.4 is 16.6 Å². The van der Waals surface area contributed by atoms with Crippen molar-refractivity contribution in [2.24, 2.45) is 14.1 Å². The standard InChI is InChI=1S/C16H16N6O2/c1-10-5-4-6-22-9-11(19-13(10)22)8-18-14-12(7-17)15(23)21(3)16(24)20(14)2/h4-6,9,18H,8H2,1-3H3. The van der Waals surface area contributed by atoms with Crippen molar-refractivity contribution in [3.05, 3.63) is 62.2 Å². The Bertz CT molecular complexity index is 1100. The molecule has 3 aromatic heterocycles. The Labute approximate surface area is 137 Å². The van der Waals surface area contributed by atoms with Crippen molar-refractivity contribution in [2.45, 2.75) is 13.5 Å². The van der Waals surface area contributed by atoms with Gasteiger partial charge in [-0.2, -0.15) is 5.26 Å². The van der Waals surface area contributed by atoms with E-state index in [0.717, 1.165) is 21.5 Å². The SMILES string of the molecule is Cc1cccn2cc(CNc3c(C#N)c(=O)n(C)c(=O)n3C)nc12. The molecular weight excluding hydrogens is 308 g/mol. The molecule has 24 heavy (non-hydrogen) atoms. The van der Waals surface area contributed by atoms with Crippen molar-refractivity contribution in [1.29, 1.82) is 5.26 Å². The molecule has 0 aliphatic heterocycles. The highest BCUT2D eigenvalue weighted by molar-refractivity contribution is 5.52. The van der Waals surface area contributed by atoms with Crippen LogP contribution in [-0.4, -0.2) is 18.5 Å². The number of rotatable bonds is 3. The minimum atomic E-state index is -0.617. The molecule has 0 saturated heterocycles. The Balaban J connectivity index is 2.00. The van der Waals surface area contributed by atoms with E-state index in [0.29, 0.717) is 0 Å². The van der Waals surface area contributed by atoms with Crippen LogP contribution in [0.1, 0.15) is 16.8 Å². The van der Waals surface area contributed by atoms with Gasteiger partial charge < -0.3 is 9.72 Å². The Morgan fingerprint density at radius 3 is 2.71 bits per heavy atom. The predicted octanol–water partition coefficient (Wildman–Crippen LogP) is 0.524. The number of nitrogens with one attached hydrogen (secondary N) is 1. The van der Waals surface area contributed by atoms with E-state index >= 15 is 0 Å². The summed E-state index contributed by atoms with van der Waals surface area (Å²) >= 11 is 0. The summed E-state index contributed by atoms with van der Waals surface area (Å²) in [6.45, 7) is 2.26. The monoisotopic (exact) mass is 324 g/mol. The van der Waals surface area contributed by atoms with E-state index in [9.17, 15) is 14.9 Å². The van der Waals surface area contributed by atoms with Gasteiger partial charge in [-0.25, -0.2) is 9.78 Å². The maximum atomic E-state index is 12.1. The number of nitriles is 1. The summed E-state index contributed by atoms with van der Waals surface area (Å²) < 4.78 is 4.07. The van der Waals surface area contributed by atoms with Crippen LogP contribution in [0.25, 0.3) is 5.65 Å². The summed E-state index contributed by atoms with van der Waals surface area (Å²) in [5.74, 6) is 0.194. The molecule has 0 saturated carbocycles. The Morgan fingerprint density at radius 1 is 1.29 bits per heavy atom. The predicted molar refractivity (Wildman–Crippen MR) is 88.9 cm³/mol. The fraction of sp³-hybridized carbons (Fsp3) is 0.250. The Morgan fingerprint density at radius 2 is 2.04 bits per heavy atom. The molecule has 0 spiro atoms. The van der Waals surface area contributed by atoms with Crippen LogP contribution in [0.2, 0.25) is 0 Å². The van der Waals surface area contributed by atoms with Crippen molar-refractivity contribution >= 4 is 11.5 Å². The van der Waals surface area contributed by atoms with Gasteiger partial charge in [0.1, 0.15) is 17.5 Å². The molecule has 3 aromatic rings. The maximum Gasteiger partial charge on any atom is 0.332 e. The summed E-state index contributed by atoms with van der Waals surface area (Å²) in [6, 6.07) is 5.76. The fourth-order valence-electron chi connectivity index (χ4n) is 2.62. The van der Waals surface area contributed by atoms with Gasteiger partial charge in [0.25, 0.3) is 5.56 Å². The summed E-state index contributed by atoms with van der Waals surface area (Å²) in [5, 5.41) is 12.2. The van der Waals surface area contributed by atoms with Gasteiger partial charge in [0, 0.05) is 26.5 Å². The van der Waals surface area contributed by atoms with E-state index in [-0.39, 0.29) is 17.9 Å². The second kappa shape index (κ2) is 5.70. The van der Waals surface area contributed by atoms with E-state index < -0.39 is 11.2 Å². The minimum Gasteiger partial charge on any atom is -0.364 e. The minimum absolute atomic E-state index is 0.0976. The first-order valence-electron chi connectivity index (χ1n) is 7.31. The molecule has 0 aliphatic rings. The number of hydrogen-bond acceptors (Lipinski definition) is 5. The lowest BCUT2D eigenvalue weighted by Crippen LogP contribution is -2.39. The first kappa shape index (κ1) is 15.6. The van der Waals surface area contributed by atoms with Crippen LogP contribution in [-0.2, 0) is 20.6 Å². The molecule has 8 heteroatoms. The normalized spacial score (nSPS) is 10.8. The second-order valence-electron chi connectivity index (χ2n) is 5.55. The van der Waals surface area contributed by atoms with E-state index in [1.807, 2.05) is 41.9 Å². The average molecular weight is 324 g/mol. The quantitative estimate of drug-likeness (QED) is 0.758. The molecule has 0 bridgehead atoms. The van der Waals surface area contributed by atoms with Gasteiger partial charge in [0.2, 0.25) is 0 Å². The van der Waals surface area contributed by atoms with E-state index in [4.69, 9.17) is 0 Å². The fourth-order valence-corrected chi connectivity index (χ4v) is 2.62. The summed E-state index contributed by atoms with van der Waals surface area (Å²) in [6.07, 6.45) is 3.76. The van der Waals surface area contributed by atoms with Crippen molar-refractivity contribution in [1.82, 2.24) is 18.5 Å². The summed E-state index contributed by atoms with van der Waals surface area (Å²) in [7, 11) is 2.86. The van der Waals surface area contributed by atoms with Gasteiger partial charge >= 0.3 is 5.69 Å². The molecule has 3 heterocycles. The van der Waals surface area contributed by atoms with Crippen molar-refractivity contribution in [2.75, 3.05) is 5.32 Å². The smallest absolute Gasteiger partial charge is 0.332 e. The van der Waals surface area contributed by atoms with Gasteiger partial charge in [-0.15, -0.1) is 0 Å². The van der Waals surface area contributed by atoms with Crippen LogP contribution in [0.5, 0.6) is 0 Å². The van der Waals surface area contributed by atoms with Crippen molar-refractivity contribution in [3.8, 4) is 6.07 Å². The number of anilines is 1. The average Bonchev–Trinajstić information content (AvgIpc) is 2.99. The number of pyridine rings is 1. The third kappa shape index (κ3) is 2.36. The van der Waals surface area contributed by atoms with E-state index in [1.54, 1.807) is 0 Å². The molecule has 0 radical (unpaired) electrons. The third-order valence-electron chi connectivity index (χ3n) is 3.94. The van der Waals surface area contributed by atoms with Gasteiger partial charge in [-0.1, -0.05) is 6.07 Å². The number of aromatic nitrogens is 4. The molecule has 122 valence electrons. The zero-order valence-electron chi connectivity index (χ0n) is 13.6. The van der Waals surface area contributed by atoms with E-state index in [2.05, 4.69) is 10.3 Å². The summed E-state index contributed by atoms with van der Waals surface area (Å²) in [4.78, 5) is 28.6. The first-order chi connectivity index (χ1) is 11.4. The first-order valence-corrected chi connectivity index (χ1v) is 7.31. The summed E-state index contributed by atoms with van der Waals surface area (Å²) in [5.41, 5.74) is 1.41. The van der Waals surface area contributed by atoms with Crippen LogP contribution >= 0.6 is 0 Å². The molecule has 1 N–H and O–H groups in total. The third-order valence-corrected chi connectivity index (χ3v) is 3.94. The highest BCUT2D eigenvalue weighted by atomic mass is 16.2.